The highest BCUT2D eigenvalue weighted by Crippen LogP contribution is 2.52. The van der Waals surface area contributed by atoms with Crippen LogP contribution in [0.15, 0.2) is 36.4 Å². The Morgan fingerprint density at radius 2 is 2.16 bits per heavy atom. The number of carbonyl (C=O) groups excluding carboxylic acids is 2. The van der Waals surface area contributed by atoms with Crippen LogP contribution in [0, 0.1) is 11.8 Å². The Labute approximate surface area is 151 Å². The van der Waals surface area contributed by atoms with Gasteiger partial charge in [-0.2, -0.15) is 0 Å². The van der Waals surface area contributed by atoms with Crippen LogP contribution in [0.1, 0.15) is 19.8 Å². The van der Waals surface area contributed by atoms with Gasteiger partial charge < -0.3 is 14.4 Å². The van der Waals surface area contributed by atoms with Gasteiger partial charge in [-0.05, 0) is 30.7 Å². The molecule has 1 aromatic carbocycles. The summed E-state index contributed by atoms with van der Waals surface area (Å²) in [7, 11) is 0. The highest BCUT2D eigenvalue weighted by atomic mass is 35.5. The Hall–Kier alpha value is -1.85. The van der Waals surface area contributed by atoms with E-state index in [4.69, 9.17) is 21.1 Å². The van der Waals surface area contributed by atoms with Gasteiger partial charge in [0, 0.05) is 10.7 Å². The topological polar surface area (TPSA) is 55.8 Å². The second-order valence-electron chi connectivity index (χ2n) is 6.82. The Balaban J connectivity index is 1.59. The van der Waals surface area contributed by atoms with Crippen molar-refractivity contribution in [3.63, 3.8) is 0 Å². The van der Waals surface area contributed by atoms with Crippen molar-refractivity contribution < 1.29 is 19.1 Å². The minimum absolute atomic E-state index is 0.0911. The van der Waals surface area contributed by atoms with E-state index in [1.807, 2.05) is 31.2 Å². The fourth-order valence-electron chi connectivity index (χ4n) is 4.02. The van der Waals surface area contributed by atoms with Gasteiger partial charge in [0.25, 0.3) is 0 Å². The number of hydrogen-bond acceptors (Lipinski definition) is 4. The van der Waals surface area contributed by atoms with Crippen molar-refractivity contribution in [2.24, 2.45) is 11.8 Å². The first-order valence-electron chi connectivity index (χ1n) is 8.66. The van der Waals surface area contributed by atoms with Crippen molar-refractivity contribution in [3.05, 3.63) is 41.4 Å². The number of ether oxygens (including phenoxy) is 2. The summed E-state index contributed by atoms with van der Waals surface area (Å²) in [6.07, 6.45) is 5.23. The monoisotopic (exact) mass is 361 g/mol. The van der Waals surface area contributed by atoms with Gasteiger partial charge in [0.1, 0.15) is 11.5 Å². The number of halogens is 1. The maximum Gasteiger partial charge on any atom is 0.312 e. The van der Waals surface area contributed by atoms with Gasteiger partial charge in [-0.3, -0.25) is 9.59 Å². The van der Waals surface area contributed by atoms with E-state index in [1.165, 1.54) is 0 Å². The van der Waals surface area contributed by atoms with Crippen molar-refractivity contribution in [1.82, 2.24) is 0 Å². The lowest BCUT2D eigenvalue weighted by molar-refractivity contribution is -0.152. The first-order chi connectivity index (χ1) is 12.1. The summed E-state index contributed by atoms with van der Waals surface area (Å²) < 4.78 is 11.5. The van der Waals surface area contributed by atoms with Crippen LogP contribution >= 0.6 is 11.6 Å². The minimum atomic E-state index is -0.726. The molecule has 3 aliphatic heterocycles. The van der Waals surface area contributed by atoms with Gasteiger partial charge in [0.2, 0.25) is 5.91 Å². The number of rotatable bonds is 5. The molecule has 0 unspecified atom stereocenters. The number of nitrogens with zero attached hydrogens (tertiary/aromatic N) is 1. The Morgan fingerprint density at radius 3 is 2.88 bits per heavy atom. The highest BCUT2D eigenvalue weighted by Gasteiger charge is 2.67. The SMILES string of the molecule is CCCCOC(=O)[C@H]1[C@H]2C(=O)N(c3ccc(Cl)cc3)C[C@]23C=C[C@H]1O3. The second-order valence-corrected chi connectivity index (χ2v) is 7.26. The van der Waals surface area contributed by atoms with Crippen molar-refractivity contribution in [3.8, 4) is 0 Å². The lowest BCUT2D eigenvalue weighted by Crippen LogP contribution is -2.40. The summed E-state index contributed by atoms with van der Waals surface area (Å²) in [4.78, 5) is 27.3. The standard InChI is InChI=1S/C19H20ClNO4/c1-2-3-10-24-18(23)15-14-8-9-19(25-14)11-21(17(22)16(15)19)13-6-4-12(20)5-7-13/h4-9,14-16H,2-3,10-11H2,1H3/t14-,15-,16+,19-/m1/s1. The molecule has 2 bridgehead atoms. The van der Waals surface area contributed by atoms with Crippen LogP contribution in [0.2, 0.25) is 5.02 Å². The van der Waals surface area contributed by atoms with Crippen molar-refractivity contribution in [1.29, 1.82) is 0 Å². The summed E-state index contributed by atoms with van der Waals surface area (Å²) >= 11 is 5.94. The van der Waals surface area contributed by atoms with Gasteiger partial charge in [-0.25, -0.2) is 0 Å². The summed E-state index contributed by atoms with van der Waals surface area (Å²) in [5.74, 6) is -1.51. The minimum Gasteiger partial charge on any atom is -0.465 e. The van der Waals surface area contributed by atoms with Crippen LogP contribution in [-0.2, 0) is 19.1 Å². The van der Waals surface area contributed by atoms with Crippen molar-refractivity contribution in [2.45, 2.75) is 31.5 Å². The molecule has 1 amide bonds. The number of carbonyl (C=O) groups is 2. The molecular formula is C19H20ClNO4. The predicted octanol–water partition coefficient (Wildman–Crippen LogP) is 2.97. The normalized spacial score (nSPS) is 32.3. The maximum atomic E-state index is 13.1. The zero-order chi connectivity index (χ0) is 17.6. The predicted molar refractivity (Wildman–Crippen MR) is 93.4 cm³/mol. The zero-order valence-electron chi connectivity index (χ0n) is 14.0. The molecule has 5 nitrogen and oxygen atoms in total. The van der Waals surface area contributed by atoms with E-state index >= 15 is 0 Å². The molecule has 2 saturated heterocycles. The zero-order valence-corrected chi connectivity index (χ0v) is 14.7. The lowest BCUT2D eigenvalue weighted by atomic mass is 9.77. The van der Waals surface area contributed by atoms with E-state index in [0.717, 1.165) is 18.5 Å². The second kappa shape index (κ2) is 6.15. The van der Waals surface area contributed by atoms with Crippen LogP contribution in [0.4, 0.5) is 5.69 Å². The van der Waals surface area contributed by atoms with Crippen molar-refractivity contribution >= 4 is 29.2 Å². The molecule has 0 radical (unpaired) electrons. The molecule has 4 rings (SSSR count). The van der Waals surface area contributed by atoms with E-state index < -0.39 is 17.4 Å². The van der Waals surface area contributed by atoms with Gasteiger partial charge >= 0.3 is 5.97 Å². The largest absolute Gasteiger partial charge is 0.465 e. The molecule has 0 aliphatic carbocycles. The quantitative estimate of drug-likeness (QED) is 0.459. The summed E-state index contributed by atoms with van der Waals surface area (Å²) in [5.41, 5.74) is 0.0345. The molecular weight excluding hydrogens is 342 g/mol. The molecule has 0 aromatic heterocycles. The molecule has 1 aromatic rings. The van der Waals surface area contributed by atoms with Crippen LogP contribution in [-0.4, -0.2) is 36.7 Å². The third kappa shape index (κ3) is 2.57. The number of amides is 1. The van der Waals surface area contributed by atoms with Crippen LogP contribution in [0.3, 0.4) is 0 Å². The summed E-state index contributed by atoms with van der Waals surface area (Å²) in [6, 6.07) is 7.12. The molecule has 25 heavy (non-hydrogen) atoms. The van der Waals surface area contributed by atoms with E-state index in [1.54, 1.807) is 17.0 Å². The average Bonchev–Trinajstić information content (AvgIpc) is 3.24. The van der Waals surface area contributed by atoms with Gasteiger partial charge in [-0.15, -0.1) is 0 Å². The molecule has 2 fully saturated rings. The summed E-state index contributed by atoms with van der Waals surface area (Å²) in [5, 5.41) is 0.614. The molecule has 0 saturated carbocycles. The number of fused-ring (bicyclic) bond motifs is 1. The van der Waals surface area contributed by atoms with Crippen LogP contribution in [0.5, 0.6) is 0 Å². The summed E-state index contributed by atoms with van der Waals surface area (Å²) in [6.45, 7) is 2.83. The first kappa shape index (κ1) is 16.6. The number of anilines is 1. The first-order valence-corrected chi connectivity index (χ1v) is 9.04. The Bertz CT molecular complexity index is 731. The average molecular weight is 362 g/mol. The Morgan fingerprint density at radius 1 is 1.40 bits per heavy atom. The smallest absolute Gasteiger partial charge is 0.312 e. The maximum absolute atomic E-state index is 13.1. The van der Waals surface area contributed by atoms with Gasteiger partial charge in [-0.1, -0.05) is 37.1 Å². The number of benzene rings is 1. The molecule has 132 valence electrons. The van der Waals surface area contributed by atoms with Gasteiger partial charge in [0.05, 0.1) is 25.2 Å². The van der Waals surface area contributed by atoms with Gasteiger partial charge in [0.15, 0.2) is 0 Å². The number of hydrogen-bond donors (Lipinski definition) is 0. The van der Waals surface area contributed by atoms with E-state index in [2.05, 4.69) is 0 Å². The fourth-order valence-corrected chi connectivity index (χ4v) is 4.15. The van der Waals surface area contributed by atoms with Crippen LogP contribution < -0.4 is 4.90 Å². The molecule has 3 aliphatic rings. The lowest BCUT2D eigenvalue weighted by Gasteiger charge is -2.22. The molecule has 1 spiro atoms. The van der Waals surface area contributed by atoms with E-state index in [9.17, 15) is 9.59 Å². The number of esters is 1. The molecule has 6 heteroatoms. The molecule has 3 heterocycles. The van der Waals surface area contributed by atoms with Crippen molar-refractivity contribution in [2.75, 3.05) is 18.1 Å². The fraction of sp³-hybridized carbons (Fsp3) is 0.474. The number of unbranched alkanes of at least 4 members (excludes halogenated alkanes) is 1. The molecule has 4 atom stereocenters. The van der Waals surface area contributed by atoms with Crippen LogP contribution in [0.25, 0.3) is 0 Å². The third-order valence-corrected chi connectivity index (χ3v) is 5.50. The Kier molecular flexibility index (Phi) is 4.08. The molecule has 0 N–H and O–H groups in total. The van der Waals surface area contributed by atoms with E-state index in [0.29, 0.717) is 18.2 Å². The highest BCUT2D eigenvalue weighted by molar-refractivity contribution is 6.30. The third-order valence-electron chi connectivity index (χ3n) is 5.25. The van der Waals surface area contributed by atoms with E-state index in [-0.39, 0.29) is 18.0 Å².